The van der Waals surface area contributed by atoms with Gasteiger partial charge < -0.3 is 24.4 Å². The molecule has 3 aliphatic rings. The molecule has 0 bridgehead atoms. The van der Waals surface area contributed by atoms with E-state index in [0.717, 1.165) is 58.2 Å². The summed E-state index contributed by atoms with van der Waals surface area (Å²) in [7, 11) is 1.67. The van der Waals surface area contributed by atoms with Crippen molar-refractivity contribution in [2.45, 2.75) is 22.7 Å². The molecule has 0 saturated carbocycles. The SMILES string of the molecule is COc1ccc2c(c1NCCc1ccccc1)[C@@H](C(Cl)(Cl)Cl)N1CCc3cc4c(cc3C1=C2)OCO4. The van der Waals surface area contributed by atoms with Gasteiger partial charge in [-0.05, 0) is 53.8 Å². The number of hydrogen-bond acceptors (Lipinski definition) is 5. The predicted octanol–water partition coefficient (Wildman–Crippen LogP) is 6.86. The van der Waals surface area contributed by atoms with Crippen LogP contribution in [-0.4, -0.2) is 35.7 Å². The van der Waals surface area contributed by atoms with E-state index in [9.17, 15) is 0 Å². The molecule has 8 heteroatoms. The Morgan fingerprint density at radius 2 is 1.83 bits per heavy atom. The molecule has 3 aromatic carbocycles. The van der Waals surface area contributed by atoms with E-state index in [-0.39, 0.29) is 6.79 Å². The van der Waals surface area contributed by atoms with E-state index in [0.29, 0.717) is 13.1 Å². The van der Waals surface area contributed by atoms with Gasteiger partial charge in [-0.1, -0.05) is 71.2 Å². The number of nitrogens with one attached hydrogen (secondary N) is 1. The molecule has 0 spiro atoms. The van der Waals surface area contributed by atoms with Gasteiger partial charge in [-0.15, -0.1) is 0 Å². The Labute approximate surface area is 225 Å². The third-order valence-electron chi connectivity index (χ3n) is 7.01. The van der Waals surface area contributed by atoms with Crippen molar-refractivity contribution in [3.05, 3.63) is 82.4 Å². The molecule has 0 amide bonds. The largest absolute Gasteiger partial charge is 0.495 e. The van der Waals surface area contributed by atoms with Crippen LogP contribution in [0.25, 0.3) is 11.8 Å². The highest BCUT2D eigenvalue weighted by Gasteiger charge is 2.46. The van der Waals surface area contributed by atoms with Crippen LogP contribution in [0.4, 0.5) is 5.69 Å². The van der Waals surface area contributed by atoms with E-state index >= 15 is 0 Å². The van der Waals surface area contributed by atoms with Gasteiger partial charge in [-0.2, -0.15) is 0 Å². The van der Waals surface area contributed by atoms with Crippen LogP contribution >= 0.6 is 34.8 Å². The van der Waals surface area contributed by atoms with Gasteiger partial charge in [-0.25, -0.2) is 0 Å². The lowest BCUT2D eigenvalue weighted by molar-refractivity contribution is 0.174. The Hall–Kier alpha value is -2.73. The first-order valence-corrected chi connectivity index (χ1v) is 13.0. The van der Waals surface area contributed by atoms with Crippen LogP contribution in [0.3, 0.4) is 0 Å². The lowest BCUT2D eigenvalue weighted by Crippen LogP contribution is -2.41. The van der Waals surface area contributed by atoms with Crippen molar-refractivity contribution >= 4 is 52.3 Å². The average Bonchev–Trinajstić information content (AvgIpc) is 3.33. The van der Waals surface area contributed by atoms with Gasteiger partial charge in [0.25, 0.3) is 0 Å². The topological polar surface area (TPSA) is 43.0 Å². The molecule has 1 N–H and O–H groups in total. The molecule has 0 radical (unpaired) electrons. The van der Waals surface area contributed by atoms with Crippen molar-refractivity contribution in [2.24, 2.45) is 0 Å². The Bertz CT molecular complexity index is 1340. The molecule has 3 heterocycles. The lowest BCUT2D eigenvalue weighted by atomic mass is 9.86. The number of fused-ring (bicyclic) bond motifs is 5. The van der Waals surface area contributed by atoms with E-state index < -0.39 is 9.83 Å². The standard InChI is InChI=1S/C28H25Cl3N2O3/c1-34-22-8-7-19-13-21-20-15-24-23(35-16-36-24)14-18(20)10-12-33(21)27(28(29,30)31)25(19)26(22)32-11-9-17-5-3-2-4-6-17/h2-8,13-15,27,32H,9-12,16H2,1H3/t27-/m0/s1. The zero-order valence-electron chi connectivity index (χ0n) is 19.7. The van der Waals surface area contributed by atoms with Crippen molar-refractivity contribution in [3.8, 4) is 17.2 Å². The molecule has 0 aromatic heterocycles. The number of halogens is 3. The van der Waals surface area contributed by atoms with Crippen LogP contribution in [0, 0.1) is 0 Å². The number of alkyl halides is 3. The molecule has 0 aliphatic carbocycles. The van der Waals surface area contributed by atoms with Crippen LogP contribution < -0.4 is 19.5 Å². The number of nitrogens with zero attached hydrogens (tertiary/aromatic N) is 1. The predicted molar refractivity (Wildman–Crippen MR) is 146 cm³/mol. The van der Waals surface area contributed by atoms with Gasteiger partial charge in [0.15, 0.2) is 11.5 Å². The Morgan fingerprint density at radius 3 is 2.58 bits per heavy atom. The maximum Gasteiger partial charge on any atom is 0.231 e. The minimum atomic E-state index is -1.58. The fourth-order valence-electron chi connectivity index (χ4n) is 5.38. The summed E-state index contributed by atoms with van der Waals surface area (Å²) in [5.41, 5.74) is 7.31. The normalized spacial score (nSPS) is 17.6. The highest BCUT2D eigenvalue weighted by Crippen LogP contribution is 2.55. The monoisotopic (exact) mass is 542 g/mol. The number of ether oxygens (including phenoxy) is 3. The summed E-state index contributed by atoms with van der Waals surface area (Å²) in [6.45, 7) is 1.65. The smallest absolute Gasteiger partial charge is 0.231 e. The van der Waals surface area contributed by atoms with Crippen LogP contribution in [0.15, 0.2) is 54.6 Å². The Morgan fingerprint density at radius 1 is 1.06 bits per heavy atom. The van der Waals surface area contributed by atoms with Crippen molar-refractivity contribution in [1.29, 1.82) is 0 Å². The summed E-state index contributed by atoms with van der Waals surface area (Å²) < 4.78 is 15.4. The number of rotatable bonds is 5. The van der Waals surface area contributed by atoms with E-state index in [1.807, 2.05) is 36.4 Å². The Balaban J connectivity index is 1.45. The molecule has 0 saturated heterocycles. The first-order chi connectivity index (χ1) is 17.4. The summed E-state index contributed by atoms with van der Waals surface area (Å²) in [5.74, 6) is 2.25. The van der Waals surface area contributed by atoms with E-state index in [4.69, 9.17) is 49.0 Å². The lowest BCUT2D eigenvalue weighted by Gasteiger charge is -2.46. The number of anilines is 1. The van der Waals surface area contributed by atoms with Crippen molar-refractivity contribution in [2.75, 3.05) is 32.3 Å². The molecule has 1 atom stereocenters. The highest BCUT2D eigenvalue weighted by molar-refractivity contribution is 6.68. The van der Waals surface area contributed by atoms with Gasteiger partial charge in [0.05, 0.1) is 12.8 Å². The fourth-order valence-corrected chi connectivity index (χ4v) is 6.06. The molecule has 0 fully saturated rings. The van der Waals surface area contributed by atoms with Crippen LogP contribution in [0.1, 0.15) is 33.9 Å². The quantitative estimate of drug-likeness (QED) is 0.356. The summed E-state index contributed by atoms with van der Waals surface area (Å²) >= 11 is 20.2. The van der Waals surface area contributed by atoms with Gasteiger partial charge in [0, 0.05) is 29.9 Å². The van der Waals surface area contributed by atoms with Gasteiger partial charge in [-0.3, -0.25) is 0 Å². The van der Waals surface area contributed by atoms with Crippen molar-refractivity contribution in [3.63, 3.8) is 0 Å². The van der Waals surface area contributed by atoms with Crippen molar-refractivity contribution in [1.82, 2.24) is 4.90 Å². The average molecular weight is 544 g/mol. The minimum Gasteiger partial charge on any atom is -0.495 e. The molecule has 6 rings (SSSR count). The first kappa shape index (κ1) is 23.7. The number of methoxy groups -OCH3 is 1. The zero-order valence-corrected chi connectivity index (χ0v) is 22.0. The summed E-state index contributed by atoms with van der Waals surface area (Å²) in [5, 5.41) is 3.60. The second-order valence-corrected chi connectivity index (χ2v) is 11.5. The second kappa shape index (κ2) is 9.29. The maximum atomic E-state index is 6.73. The highest BCUT2D eigenvalue weighted by atomic mass is 35.6. The Kier molecular flexibility index (Phi) is 6.11. The summed E-state index contributed by atoms with van der Waals surface area (Å²) in [6.07, 6.45) is 3.83. The van der Waals surface area contributed by atoms with Crippen LogP contribution in [0.5, 0.6) is 17.2 Å². The van der Waals surface area contributed by atoms with Crippen molar-refractivity contribution < 1.29 is 14.2 Å². The van der Waals surface area contributed by atoms with Crippen LogP contribution in [0.2, 0.25) is 0 Å². The molecule has 36 heavy (non-hydrogen) atoms. The third kappa shape index (κ3) is 4.13. The van der Waals surface area contributed by atoms with Crippen LogP contribution in [-0.2, 0) is 12.8 Å². The summed E-state index contributed by atoms with van der Waals surface area (Å²) in [4.78, 5) is 2.20. The molecule has 3 aliphatic heterocycles. The molecule has 3 aromatic rings. The number of hydrogen-bond donors (Lipinski definition) is 1. The third-order valence-corrected chi connectivity index (χ3v) is 7.63. The van der Waals surface area contributed by atoms with E-state index in [2.05, 4.69) is 34.5 Å². The molecular weight excluding hydrogens is 519 g/mol. The molecular formula is C28H25Cl3N2O3. The first-order valence-electron chi connectivity index (χ1n) is 11.9. The van der Waals surface area contributed by atoms with Gasteiger partial charge >= 0.3 is 0 Å². The summed E-state index contributed by atoms with van der Waals surface area (Å²) in [6, 6.07) is 18.0. The van der Waals surface area contributed by atoms with Gasteiger partial charge in [0.1, 0.15) is 11.8 Å². The van der Waals surface area contributed by atoms with E-state index in [1.54, 1.807) is 7.11 Å². The second-order valence-electron chi connectivity index (χ2n) is 9.09. The maximum absolute atomic E-state index is 6.73. The van der Waals surface area contributed by atoms with E-state index in [1.165, 1.54) is 11.1 Å². The molecule has 5 nitrogen and oxygen atoms in total. The zero-order chi connectivity index (χ0) is 24.9. The number of benzene rings is 3. The molecule has 0 unspecified atom stereocenters. The molecule has 186 valence electrons. The minimum absolute atomic E-state index is 0.235. The van der Waals surface area contributed by atoms with Gasteiger partial charge in [0.2, 0.25) is 10.6 Å². The fraction of sp³-hybridized carbons (Fsp3) is 0.286.